The molecule has 0 saturated carbocycles. The van der Waals surface area contributed by atoms with E-state index in [1.807, 2.05) is 72.8 Å². The predicted octanol–water partition coefficient (Wildman–Crippen LogP) is 5.32. The van der Waals surface area contributed by atoms with Gasteiger partial charge in [-0.2, -0.15) is 0 Å². The lowest BCUT2D eigenvalue weighted by atomic mass is 9.94. The molecule has 6 nitrogen and oxygen atoms in total. The maximum absolute atomic E-state index is 13.4. The number of hydrogen-bond donors (Lipinski definition) is 0. The van der Waals surface area contributed by atoms with Crippen molar-refractivity contribution in [3.8, 4) is 23.0 Å². The number of hydrogen-bond acceptors (Lipinski definition) is 5. The van der Waals surface area contributed by atoms with E-state index in [1.54, 1.807) is 39.4 Å². The van der Waals surface area contributed by atoms with Crippen molar-refractivity contribution in [2.24, 2.45) is 0 Å². The highest BCUT2D eigenvalue weighted by Crippen LogP contribution is 2.39. The van der Waals surface area contributed by atoms with E-state index < -0.39 is 0 Å². The van der Waals surface area contributed by atoms with Crippen LogP contribution in [0.4, 0.5) is 0 Å². The Labute approximate surface area is 206 Å². The summed E-state index contributed by atoms with van der Waals surface area (Å²) in [4.78, 5) is 15.2. The van der Waals surface area contributed by atoms with E-state index in [4.69, 9.17) is 18.9 Å². The van der Waals surface area contributed by atoms with Gasteiger partial charge in [-0.3, -0.25) is 4.79 Å². The number of methoxy groups -OCH3 is 4. The Morgan fingerprint density at radius 3 is 2.11 bits per heavy atom. The number of rotatable bonds is 7. The fourth-order valence-electron chi connectivity index (χ4n) is 4.17. The first-order valence-corrected chi connectivity index (χ1v) is 11.3. The number of amides is 1. The second kappa shape index (κ2) is 10.8. The van der Waals surface area contributed by atoms with Gasteiger partial charge in [0.15, 0.2) is 23.0 Å². The van der Waals surface area contributed by atoms with E-state index in [9.17, 15) is 4.79 Å². The van der Waals surface area contributed by atoms with E-state index in [1.165, 1.54) is 0 Å². The van der Waals surface area contributed by atoms with Crippen LogP contribution in [0.1, 0.15) is 22.3 Å². The van der Waals surface area contributed by atoms with Gasteiger partial charge in [0.05, 0.1) is 34.1 Å². The van der Waals surface area contributed by atoms with Crippen molar-refractivity contribution in [1.29, 1.82) is 0 Å². The Morgan fingerprint density at radius 1 is 0.771 bits per heavy atom. The first kappa shape index (κ1) is 24.0. The van der Waals surface area contributed by atoms with Gasteiger partial charge in [0.1, 0.15) is 0 Å². The van der Waals surface area contributed by atoms with Crippen LogP contribution in [-0.2, 0) is 11.2 Å². The zero-order valence-corrected chi connectivity index (χ0v) is 20.4. The lowest BCUT2D eigenvalue weighted by Gasteiger charge is -2.32. The molecule has 1 heterocycles. The third-order valence-corrected chi connectivity index (χ3v) is 5.98. The summed E-state index contributed by atoms with van der Waals surface area (Å²) in [6.45, 7) is 0.541. The highest BCUT2D eigenvalue weighted by atomic mass is 16.5. The zero-order chi connectivity index (χ0) is 24.8. The van der Waals surface area contributed by atoms with Gasteiger partial charge in [-0.25, -0.2) is 0 Å². The molecule has 1 amide bonds. The summed E-state index contributed by atoms with van der Waals surface area (Å²) in [6, 6.07) is 19.4. The largest absolute Gasteiger partial charge is 0.493 e. The zero-order valence-electron chi connectivity index (χ0n) is 20.4. The van der Waals surface area contributed by atoms with E-state index >= 15 is 0 Å². The second-order valence-corrected chi connectivity index (χ2v) is 7.99. The van der Waals surface area contributed by atoms with Crippen molar-refractivity contribution < 1.29 is 23.7 Å². The molecule has 3 aromatic rings. The smallest absolute Gasteiger partial charge is 0.251 e. The molecule has 6 heteroatoms. The molecule has 4 rings (SSSR count). The molecule has 3 aromatic carbocycles. The summed E-state index contributed by atoms with van der Waals surface area (Å²) in [5.74, 6) is 2.44. The molecule has 0 aromatic heterocycles. The third-order valence-electron chi connectivity index (χ3n) is 5.98. The van der Waals surface area contributed by atoms with Crippen LogP contribution < -0.4 is 18.9 Å². The van der Waals surface area contributed by atoms with Gasteiger partial charge >= 0.3 is 0 Å². The van der Waals surface area contributed by atoms with Gasteiger partial charge in [0.25, 0.3) is 5.91 Å². The van der Waals surface area contributed by atoms with Crippen molar-refractivity contribution >= 4 is 23.8 Å². The average Bonchev–Trinajstić information content (AvgIpc) is 2.91. The van der Waals surface area contributed by atoms with Gasteiger partial charge in [-0.1, -0.05) is 36.4 Å². The molecule has 0 fully saturated rings. The molecule has 0 N–H and O–H groups in total. The molecule has 180 valence electrons. The number of fused-ring (bicyclic) bond motifs is 1. The van der Waals surface area contributed by atoms with Crippen LogP contribution in [0.2, 0.25) is 0 Å². The maximum atomic E-state index is 13.4. The van der Waals surface area contributed by atoms with E-state index in [-0.39, 0.29) is 5.91 Å². The van der Waals surface area contributed by atoms with Crippen LogP contribution in [0, 0.1) is 0 Å². The second-order valence-electron chi connectivity index (χ2n) is 7.99. The number of nitrogens with zero attached hydrogens (tertiary/aromatic N) is 1. The van der Waals surface area contributed by atoms with Gasteiger partial charge in [-0.05, 0) is 59.5 Å². The van der Waals surface area contributed by atoms with E-state index in [2.05, 4.69) is 0 Å². The fraction of sp³-hybridized carbons (Fsp3) is 0.207. The summed E-state index contributed by atoms with van der Waals surface area (Å²) in [5, 5.41) is 0. The molecule has 35 heavy (non-hydrogen) atoms. The summed E-state index contributed by atoms with van der Waals surface area (Å²) in [5.41, 5.74) is 4.64. The molecule has 0 radical (unpaired) electrons. The minimum absolute atomic E-state index is 0.0963. The number of ether oxygens (including phenoxy) is 4. The first-order chi connectivity index (χ1) is 17.1. The minimum atomic E-state index is -0.0963. The Morgan fingerprint density at radius 2 is 1.43 bits per heavy atom. The molecular weight excluding hydrogens is 442 g/mol. The van der Waals surface area contributed by atoms with Crippen molar-refractivity contribution in [3.63, 3.8) is 0 Å². The monoisotopic (exact) mass is 471 g/mol. The van der Waals surface area contributed by atoms with Crippen LogP contribution in [-0.4, -0.2) is 45.8 Å². The molecular formula is C29H29NO5. The Bertz CT molecular complexity index is 1260. The topological polar surface area (TPSA) is 57.2 Å². The highest BCUT2D eigenvalue weighted by Gasteiger charge is 2.27. The number of benzene rings is 3. The minimum Gasteiger partial charge on any atom is -0.493 e. The Balaban J connectivity index is 1.80. The molecule has 0 atom stereocenters. The van der Waals surface area contributed by atoms with Gasteiger partial charge in [-0.15, -0.1) is 0 Å². The van der Waals surface area contributed by atoms with Crippen LogP contribution in [0.5, 0.6) is 23.0 Å². The maximum Gasteiger partial charge on any atom is 0.251 e. The highest BCUT2D eigenvalue weighted by molar-refractivity contribution is 6.01. The summed E-state index contributed by atoms with van der Waals surface area (Å²) in [6.07, 6.45) is 6.13. The van der Waals surface area contributed by atoms with E-state index in [0.717, 1.165) is 28.0 Å². The summed E-state index contributed by atoms with van der Waals surface area (Å²) >= 11 is 0. The molecule has 1 aliphatic heterocycles. The van der Waals surface area contributed by atoms with Crippen molar-refractivity contribution in [2.75, 3.05) is 35.0 Å². The average molecular weight is 472 g/mol. The Kier molecular flexibility index (Phi) is 7.41. The van der Waals surface area contributed by atoms with Crippen LogP contribution in [0.15, 0.2) is 66.7 Å². The molecule has 0 spiro atoms. The van der Waals surface area contributed by atoms with Crippen LogP contribution in [0.3, 0.4) is 0 Å². The molecule has 1 aliphatic rings. The van der Waals surface area contributed by atoms with Crippen LogP contribution >= 0.6 is 0 Å². The quantitative estimate of drug-likeness (QED) is 0.437. The number of carbonyl (C=O) groups is 1. The lowest BCUT2D eigenvalue weighted by Crippen LogP contribution is -2.33. The van der Waals surface area contributed by atoms with Gasteiger partial charge in [0, 0.05) is 18.2 Å². The lowest BCUT2D eigenvalue weighted by molar-refractivity contribution is -0.123. The predicted molar refractivity (Wildman–Crippen MR) is 138 cm³/mol. The molecule has 0 saturated heterocycles. The standard InChI is InChI=1S/C29H29NO5/c1-32-25-12-10-21(17-26(25)33-2)16-24-23-19-28(35-4)27(34-3)18-22(23)14-15-30(24)29(31)13-11-20-8-6-5-7-9-20/h5-13,16-19H,14-15H2,1-4H3/b13-11+,24-16-. The summed E-state index contributed by atoms with van der Waals surface area (Å²) in [7, 11) is 6.44. The van der Waals surface area contributed by atoms with Crippen molar-refractivity contribution in [3.05, 3.63) is 89.0 Å². The third kappa shape index (κ3) is 5.17. The normalized spacial score (nSPS) is 14.1. The molecule has 0 bridgehead atoms. The number of carbonyl (C=O) groups excluding carboxylic acids is 1. The van der Waals surface area contributed by atoms with E-state index in [0.29, 0.717) is 36.0 Å². The van der Waals surface area contributed by atoms with Gasteiger partial charge < -0.3 is 23.8 Å². The fourth-order valence-corrected chi connectivity index (χ4v) is 4.17. The molecule has 0 unspecified atom stereocenters. The Hall–Kier alpha value is -4.19. The summed E-state index contributed by atoms with van der Waals surface area (Å²) < 4.78 is 21.9. The van der Waals surface area contributed by atoms with Gasteiger partial charge in [0.2, 0.25) is 0 Å². The van der Waals surface area contributed by atoms with Crippen molar-refractivity contribution in [2.45, 2.75) is 6.42 Å². The first-order valence-electron chi connectivity index (χ1n) is 11.3. The van der Waals surface area contributed by atoms with Crippen LogP contribution in [0.25, 0.3) is 17.8 Å². The van der Waals surface area contributed by atoms with Crippen molar-refractivity contribution in [1.82, 2.24) is 4.90 Å². The SMILES string of the molecule is COc1ccc(/C=C2/c3cc(OC)c(OC)cc3CCN2C(=O)/C=C/c2ccccc2)cc1OC. The molecule has 0 aliphatic carbocycles.